The first-order valence-corrected chi connectivity index (χ1v) is 6.47. The van der Waals surface area contributed by atoms with Gasteiger partial charge in [0.05, 0.1) is 18.3 Å². The number of aromatic nitrogens is 4. The fraction of sp³-hybridized carbons (Fsp3) is 0.455. The number of hydrogen-bond acceptors (Lipinski definition) is 5. The van der Waals surface area contributed by atoms with Crippen molar-refractivity contribution in [1.82, 2.24) is 19.9 Å². The maximum absolute atomic E-state index is 9.07. The molecule has 1 fully saturated rings. The van der Waals surface area contributed by atoms with E-state index in [2.05, 4.69) is 26.0 Å². The van der Waals surface area contributed by atoms with Crippen LogP contribution in [-0.2, 0) is 0 Å². The van der Waals surface area contributed by atoms with Gasteiger partial charge in [0.2, 0.25) is 0 Å². The molecule has 0 saturated heterocycles. The predicted octanol–water partition coefficient (Wildman–Crippen LogP) is 2.14. The van der Waals surface area contributed by atoms with Gasteiger partial charge in [-0.15, -0.1) is 0 Å². The SMILES string of the molecule is N#CC1CCCC1Sc1ncnc2nc[nH]c12. The van der Waals surface area contributed by atoms with Crippen LogP contribution >= 0.6 is 11.8 Å². The third-order valence-corrected chi connectivity index (χ3v) is 4.47. The molecule has 86 valence electrons. The zero-order valence-electron chi connectivity index (χ0n) is 9.13. The molecule has 1 saturated carbocycles. The van der Waals surface area contributed by atoms with Gasteiger partial charge in [-0.05, 0) is 12.8 Å². The number of nitriles is 1. The molecule has 0 radical (unpaired) electrons. The maximum Gasteiger partial charge on any atom is 0.181 e. The van der Waals surface area contributed by atoms with Crippen molar-refractivity contribution in [2.24, 2.45) is 5.92 Å². The van der Waals surface area contributed by atoms with Gasteiger partial charge in [0.1, 0.15) is 16.9 Å². The summed E-state index contributed by atoms with van der Waals surface area (Å²) in [7, 11) is 0. The standard InChI is InChI=1S/C11H11N5S/c12-4-7-2-1-3-8(7)17-11-9-10(14-5-13-9)15-6-16-11/h5-8H,1-3H2,(H,13,14,15,16). The van der Waals surface area contributed by atoms with Crippen molar-refractivity contribution in [3.63, 3.8) is 0 Å². The van der Waals surface area contributed by atoms with Gasteiger partial charge in [-0.3, -0.25) is 0 Å². The van der Waals surface area contributed by atoms with E-state index in [1.165, 1.54) is 6.33 Å². The molecule has 0 bridgehead atoms. The van der Waals surface area contributed by atoms with E-state index in [-0.39, 0.29) is 5.92 Å². The minimum atomic E-state index is 0.146. The minimum Gasteiger partial charge on any atom is -0.341 e. The lowest BCUT2D eigenvalue weighted by Gasteiger charge is -2.11. The number of hydrogen-bond donors (Lipinski definition) is 1. The van der Waals surface area contributed by atoms with E-state index in [9.17, 15) is 0 Å². The molecule has 3 rings (SSSR count). The second-order valence-corrected chi connectivity index (χ2v) is 5.33. The van der Waals surface area contributed by atoms with E-state index in [4.69, 9.17) is 5.26 Å². The third-order valence-electron chi connectivity index (χ3n) is 3.07. The van der Waals surface area contributed by atoms with Crippen LogP contribution in [0.5, 0.6) is 0 Å². The smallest absolute Gasteiger partial charge is 0.181 e. The largest absolute Gasteiger partial charge is 0.341 e. The molecular formula is C11H11N5S. The molecule has 2 heterocycles. The number of H-pyrrole nitrogens is 1. The maximum atomic E-state index is 9.07. The molecule has 17 heavy (non-hydrogen) atoms. The topological polar surface area (TPSA) is 78.2 Å². The van der Waals surface area contributed by atoms with E-state index in [1.54, 1.807) is 18.1 Å². The summed E-state index contributed by atoms with van der Waals surface area (Å²) in [5.41, 5.74) is 1.56. The van der Waals surface area contributed by atoms with Crippen LogP contribution in [0.4, 0.5) is 0 Å². The molecule has 2 unspecified atom stereocenters. The van der Waals surface area contributed by atoms with Crippen LogP contribution in [0, 0.1) is 17.2 Å². The van der Waals surface area contributed by atoms with Gasteiger partial charge in [0.15, 0.2) is 5.65 Å². The lowest BCUT2D eigenvalue weighted by Crippen LogP contribution is -2.07. The fourth-order valence-electron chi connectivity index (χ4n) is 2.19. The Morgan fingerprint density at radius 1 is 1.35 bits per heavy atom. The van der Waals surface area contributed by atoms with Gasteiger partial charge >= 0.3 is 0 Å². The van der Waals surface area contributed by atoms with E-state index >= 15 is 0 Å². The van der Waals surface area contributed by atoms with Gasteiger partial charge in [-0.25, -0.2) is 15.0 Å². The number of aromatic amines is 1. The molecule has 2 aromatic heterocycles. The van der Waals surface area contributed by atoms with Crippen LogP contribution in [0.2, 0.25) is 0 Å². The summed E-state index contributed by atoms with van der Waals surface area (Å²) in [5, 5.41) is 10.3. The molecular weight excluding hydrogens is 234 g/mol. The number of nitrogens with zero attached hydrogens (tertiary/aromatic N) is 4. The lowest BCUT2D eigenvalue weighted by molar-refractivity contribution is 0.714. The fourth-order valence-corrected chi connectivity index (χ4v) is 3.50. The van der Waals surface area contributed by atoms with Crippen molar-refractivity contribution >= 4 is 22.9 Å². The summed E-state index contributed by atoms with van der Waals surface area (Å²) in [6.45, 7) is 0. The average molecular weight is 245 g/mol. The van der Waals surface area contributed by atoms with E-state index in [0.717, 1.165) is 29.8 Å². The first kappa shape index (κ1) is 10.5. The zero-order chi connectivity index (χ0) is 11.7. The summed E-state index contributed by atoms with van der Waals surface area (Å²) < 4.78 is 0. The number of nitrogens with one attached hydrogen (secondary N) is 1. The molecule has 1 aliphatic rings. The summed E-state index contributed by atoms with van der Waals surface area (Å²) in [6, 6.07) is 2.39. The van der Waals surface area contributed by atoms with Crippen molar-refractivity contribution in [3.05, 3.63) is 12.7 Å². The molecule has 1 aliphatic carbocycles. The molecule has 5 nitrogen and oxygen atoms in total. The van der Waals surface area contributed by atoms with Crippen LogP contribution in [-0.4, -0.2) is 25.2 Å². The molecule has 2 atom stereocenters. The Bertz CT molecular complexity index is 572. The van der Waals surface area contributed by atoms with Crippen LogP contribution in [0.3, 0.4) is 0 Å². The van der Waals surface area contributed by atoms with Gasteiger partial charge in [0.25, 0.3) is 0 Å². The predicted molar refractivity (Wildman–Crippen MR) is 64.3 cm³/mol. The van der Waals surface area contributed by atoms with Gasteiger partial charge in [0, 0.05) is 5.25 Å². The number of rotatable bonds is 2. The highest BCUT2D eigenvalue weighted by atomic mass is 32.2. The monoisotopic (exact) mass is 245 g/mol. The molecule has 0 aliphatic heterocycles. The Hall–Kier alpha value is -1.61. The van der Waals surface area contributed by atoms with Crippen LogP contribution in [0.1, 0.15) is 19.3 Å². The summed E-state index contributed by atoms with van der Waals surface area (Å²) in [5.74, 6) is 0.146. The molecule has 1 N–H and O–H groups in total. The van der Waals surface area contributed by atoms with E-state index in [0.29, 0.717) is 10.9 Å². The highest BCUT2D eigenvalue weighted by Gasteiger charge is 2.29. The Labute approximate surface area is 103 Å². The zero-order valence-corrected chi connectivity index (χ0v) is 9.94. The first-order chi connectivity index (χ1) is 8.38. The second-order valence-electron chi connectivity index (χ2n) is 4.10. The van der Waals surface area contributed by atoms with Crippen LogP contribution in [0.25, 0.3) is 11.2 Å². The molecule has 6 heteroatoms. The minimum absolute atomic E-state index is 0.146. The van der Waals surface area contributed by atoms with E-state index in [1.807, 2.05) is 0 Å². The second kappa shape index (κ2) is 4.34. The highest BCUT2D eigenvalue weighted by molar-refractivity contribution is 8.00. The van der Waals surface area contributed by atoms with Crippen molar-refractivity contribution in [3.8, 4) is 6.07 Å². The number of imidazole rings is 1. The summed E-state index contributed by atoms with van der Waals surface area (Å²) in [6.07, 6.45) is 6.38. The molecule has 0 aromatic carbocycles. The quantitative estimate of drug-likeness (QED) is 0.820. The van der Waals surface area contributed by atoms with Crippen molar-refractivity contribution in [2.75, 3.05) is 0 Å². The van der Waals surface area contributed by atoms with Crippen molar-refractivity contribution in [1.29, 1.82) is 5.26 Å². The molecule has 0 spiro atoms. The number of thioether (sulfide) groups is 1. The van der Waals surface area contributed by atoms with Gasteiger partial charge in [-0.2, -0.15) is 5.26 Å². The molecule has 0 amide bonds. The summed E-state index contributed by atoms with van der Waals surface area (Å²) in [4.78, 5) is 15.5. The highest BCUT2D eigenvalue weighted by Crippen LogP contribution is 2.39. The lowest BCUT2D eigenvalue weighted by atomic mass is 10.1. The van der Waals surface area contributed by atoms with Crippen molar-refractivity contribution < 1.29 is 0 Å². The van der Waals surface area contributed by atoms with Crippen molar-refractivity contribution in [2.45, 2.75) is 29.5 Å². The Morgan fingerprint density at radius 2 is 2.29 bits per heavy atom. The number of fused-ring (bicyclic) bond motifs is 1. The Kier molecular flexibility index (Phi) is 2.69. The summed E-state index contributed by atoms with van der Waals surface area (Å²) >= 11 is 1.67. The average Bonchev–Trinajstić information content (AvgIpc) is 2.97. The third kappa shape index (κ3) is 1.87. The van der Waals surface area contributed by atoms with Gasteiger partial charge in [-0.1, -0.05) is 18.2 Å². The first-order valence-electron chi connectivity index (χ1n) is 5.59. The van der Waals surface area contributed by atoms with Crippen LogP contribution < -0.4 is 0 Å². The Balaban J connectivity index is 1.90. The molecule has 2 aromatic rings. The Morgan fingerprint density at radius 3 is 3.18 bits per heavy atom. The van der Waals surface area contributed by atoms with Crippen LogP contribution in [0.15, 0.2) is 17.7 Å². The normalized spacial score (nSPS) is 23.9. The van der Waals surface area contributed by atoms with Gasteiger partial charge < -0.3 is 4.98 Å². The van der Waals surface area contributed by atoms with E-state index < -0.39 is 0 Å².